The van der Waals surface area contributed by atoms with E-state index in [1.165, 1.54) is 4.90 Å². The van der Waals surface area contributed by atoms with Crippen molar-refractivity contribution >= 4 is 29.0 Å². The zero-order valence-corrected chi connectivity index (χ0v) is 11.5. The maximum Gasteiger partial charge on any atom is 0.229 e. The Labute approximate surface area is 108 Å². The quantitative estimate of drug-likeness (QED) is 0.611. The van der Waals surface area contributed by atoms with Gasteiger partial charge >= 0.3 is 0 Å². The third kappa shape index (κ3) is 3.49. The number of hydrogen-bond acceptors (Lipinski definition) is 3. The Morgan fingerprint density at radius 3 is 2.29 bits per heavy atom. The number of hydrogen-bond donors (Lipinski definition) is 1. The van der Waals surface area contributed by atoms with Gasteiger partial charge in [0.2, 0.25) is 11.8 Å². The van der Waals surface area contributed by atoms with Gasteiger partial charge in [-0.25, -0.2) is 0 Å². The molecule has 0 radical (unpaired) electrons. The van der Waals surface area contributed by atoms with Gasteiger partial charge in [-0.05, 0) is 12.3 Å². The average molecular weight is 256 g/mol. The third-order valence-corrected chi connectivity index (χ3v) is 3.83. The fraction of sp³-hybridized carbons (Fsp3) is 0.750. The second-order valence-electron chi connectivity index (χ2n) is 5.45. The monoisotopic (exact) mass is 256 g/mol. The first kappa shape index (κ1) is 14.1. The molecule has 0 aromatic heterocycles. The highest BCUT2D eigenvalue weighted by molar-refractivity contribution is 7.80. The van der Waals surface area contributed by atoms with Crippen LogP contribution in [0.25, 0.3) is 0 Å². The van der Waals surface area contributed by atoms with E-state index < -0.39 is 0 Å². The Morgan fingerprint density at radius 1 is 1.41 bits per heavy atom. The molecule has 0 aromatic carbocycles. The Kier molecular flexibility index (Phi) is 4.25. The van der Waals surface area contributed by atoms with Crippen LogP contribution in [0.3, 0.4) is 0 Å². The van der Waals surface area contributed by atoms with Gasteiger partial charge in [0.25, 0.3) is 0 Å². The molecule has 4 nitrogen and oxygen atoms in total. The minimum atomic E-state index is -0.320. The first-order valence-electron chi connectivity index (χ1n) is 5.87. The van der Waals surface area contributed by atoms with Gasteiger partial charge in [-0.1, -0.05) is 33.0 Å². The zero-order chi connectivity index (χ0) is 13.2. The van der Waals surface area contributed by atoms with E-state index in [4.69, 9.17) is 18.0 Å². The van der Waals surface area contributed by atoms with Gasteiger partial charge in [-0.3, -0.25) is 14.5 Å². The number of likely N-dealkylation sites (tertiary alicyclic amines) is 1. The molecule has 1 heterocycles. The van der Waals surface area contributed by atoms with Crippen molar-refractivity contribution in [3.05, 3.63) is 0 Å². The molecule has 0 unspecified atom stereocenters. The van der Waals surface area contributed by atoms with E-state index in [-0.39, 0.29) is 23.1 Å². The number of nitrogens with zero attached hydrogens (tertiary/aromatic N) is 1. The van der Waals surface area contributed by atoms with Gasteiger partial charge < -0.3 is 5.73 Å². The van der Waals surface area contributed by atoms with Crippen molar-refractivity contribution in [1.82, 2.24) is 4.90 Å². The van der Waals surface area contributed by atoms with Crippen molar-refractivity contribution in [1.29, 1.82) is 0 Å². The molecule has 0 bridgehead atoms. The molecule has 1 fully saturated rings. The number of carbonyl (C=O) groups is 2. The van der Waals surface area contributed by atoms with Gasteiger partial charge in [0, 0.05) is 24.8 Å². The molecule has 2 amide bonds. The largest absolute Gasteiger partial charge is 0.393 e. The second kappa shape index (κ2) is 5.12. The predicted molar refractivity (Wildman–Crippen MR) is 70.3 cm³/mol. The van der Waals surface area contributed by atoms with E-state index in [0.717, 1.165) is 0 Å². The highest BCUT2D eigenvalue weighted by atomic mass is 32.1. The van der Waals surface area contributed by atoms with Crippen molar-refractivity contribution in [2.75, 3.05) is 6.54 Å². The van der Waals surface area contributed by atoms with E-state index >= 15 is 0 Å². The van der Waals surface area contributed by atoms with Crippen LogP contribution in [0.1, 0.15) is 40.0 Å². The van der Waals surface area contributed by atoms with E-state index in [1.807, 2.05) is 20.8 Å². The van der Waals surface area contributed by atoms with Gasteiger partial charge in [-0.15, -0.1) is 0 Å². The summed E-state index contributed by atoms with van der Waals surface area (Å²) in [5.41, 5.74) is 5.30. The Morgan fingerprint density at radius 2 is 1.88 bits per heavy atom. The number of rotatable bonds is 4. The Hall–Kier alpha value is -0.970. The minimum Gasteiger partial charge on any atom is -0.393 e. The lowest BCUT2D eigenvalue weighted by Crippen LogP contribution is -2.45. The number of thiocarbonyl (C=S) groups is 1. The van der Waals surface area contributed by atoms with Crippen LogP contribution in [-0.2, 0) is 9.59 Å². The summed E-state index contributed by atoms with van der Waals surface area (Å²) in [7, 11) is 0. The Bertz CT molecular complexity index is 334. The standard InChI is InChI=1S/C12H20N2O2S/c1-8-6-9(15)14(10(16)7-8)5-4-12(2,3)11(13)17/h8H,4-7H2,1-3H3,(H2,13,17). The maximum atomic E-state index is 11.7. The van der Waals surface area contributed by atoms with Gasteiger partial charge in [0.15, 0.2) is 0 Å². The average Bonchev–Trinajstić information content (AvgIpc) is 2.15. The summed E-state index contributed by atoms with van der Waals surface area (Å²) < 4.78 is 0. The second-order valence-corrected chi connectivity index (χ2v) is 5.89. The van der Waals surface area contributed by atoms with Gasteiger partial charge in [0.05, 0.1) is 4.99 Å². The van der Waals surface area contributed by atoms with E-state index in [1.54, 1.807) is 0 Å². The van der Waals surface area contributed by atoms with Crippen molar-refractivity contribution in [3.63, 3.8) is 0 Å². The van der Waals surface area contributed by atoms with E-state index in [9.17, 15) is 9.59 Å². The maximum absolute atomic E-state index is 11.7. The number of imide groups is 1. The smallest absolute Gasteiger partial charge is 0.229 e. The molecule has 1 saturated heterocycles. The third-order valence-electron chi connectivity index (χ3n) is 3.28. The van der Waals surface area contributed by atoms with Gasteiger partial charge in [-0.2, -0.15) is 0 Å². The lowest BCUT2D eigenvalue weighted by atomic mass is 9.88. The number of carbonyl (C=O) groups excluding carboxylic acids is 2. The zero-order valence-electron chi connectivity index (χ0n) is 10.7. The summed E-state index contributed by atoms with van der Waals surface area (Å²) in [6.07, 6.45) is 1.53. The highest BCUT2D eigenvalue weighted by Crippen LogP contribution is 2.24. The SMILES string of the molecule is CC1CC(=O)N(CCC(C)(C)C(N)=S)C(=O)C1. The fourth-order valence-electron chi connectivity index (χ4n) is 1.79. The summed E-state index contributed by atoms with van der Waals surface area (Å²) >= 11 is 4.97. The highest BCUT2D eigenvalue weighted by Gasteiger charge is 2.32. The summed E-state index contributed by atoms with van der Waals surface area (Å²) in [6.45, 7) is 6.19. The predicted octanol–water partition coefficient (Wildman–Crippen LogP) is 1.47. The molecule has 17 heavy (non-hydrogen) atoms. The van der Waals surface area contributed by atoms with Crippen LogP contribution in [0.5, 0.6) is 0 Å². The van der Waals surface area contributed by atoms with Crippen molar-refractivity contribution in [2.24, 2.45) is 17.1 Å². The van der Waals surface area contributed by atoms with Crippen molar-refractivity contribution in [2.45, 2.75) is 40.0 Å². The lowest BCUT2D eigenvalue weighted by molar-refractivity contribution is -0.149. The molecule has 5 heteroatoms. The summed E-state index contributed by atoms with van der Waals surface area (Å²) in [6, 6.07) is 0. The van der Waals surface area contributed by atoms with Crippen LogP contribution in [0.2, 0.25) is 0 Å². The molecular formula is C12H20N2O2S. The molecule has 0 spiro atoms. The van der Waals surface area contributed by atoms with E-state index in [0.29, 0.717) is 30.8 Å². The summed E-state index contributed by atoms with van der Waals surface area (Å²) in [4.78, 5) is 25.3. The van der Waals surface area contributed by atoms with Crippen LogP contribution in [0, 0.1) is 11.3 Å². The van der Waals surface area contributed by atoms with Crippen LogP contribution < -0.4 is 5.73 Å². The number of amides is 2. The molecule has 0 aromatic rings. The molecule has 1 aliphatic rings. The number of nitrogens with two attached hydrogens (primary N) is 1. The van der Waals surface area contributed by atoms with Crippen LogP contribution >= 0.6 is 12.2 Å². The molecular weight excluding hydrogens is 236 g/mol. The fourth-order valence-corrected chi connectivity index (χ4v) is 1.89. The first-order valence-corrected chi connectivity index (χ1v) is 6.28. The molecule has 96 valence electrons. The van der Waals surface area contributed by atoms with Crippen molar-refractivity contribution < 1.29 is 9.59 Å². The first-order chi connectivity index (χ1) is 7.74. The molecule has 0 aliphatic carbocycles. The van der Waals surface area contributed by atoms with Crippen LogP contribution in [0.15, 0.2) is 0 Å². The van der Waals surface area contributed by atoms with E-state index in [2.05, 4.69) is 0 Å². The Balaban J connectivity index is 2.60. The normalized spacial score (nSPS) is 18.6. The lowest BCUT2D eigenvalue weighted by Gasteiger charge is -2.31. The molecule has 0 atom stereocenters. The number of piperidine rings is 1. The van der Waals surface area contributed by atoms with Gasteiger partial charge in [0.1, 0.15) is 0 Å². The summed E-state index contributed by atoms with van der Waals surface area (Å²) in [5.74, 6) is 0.00910. The summed E-state index contributed by atoms with van der Waals surface area (Å²) in [5, 5.41) is 0. The molecule has 1 aliphatic heterocycles. The van der Waals surface area contributed by atoms with Crippen LogP contribution in [0.4, 0.5) is 0 Å². The topological polar surface area (TPSA) is 63.4 Å². The molecule has 2 N–H and O–H groups in total. The molecule has 0 saturated carbocycles. The van der Waals surface area contributed by atoms with Crippen molar-refractivity contribution in [3.8, 4) is 0 Å². The minimum absolute atomic E-state index is 0.0764. The van der Waals surface area contributed by atoms with Crippen LogP contribution in [-0.4, -0.2) is 28.2 Å². The molecule has 1 rings (SSSR count).